The molecule has 1 aliphatic heterocycles. The third-order valence-corrected chi connectivity index (χ3v) is 6.61. The highest BCUT2D eigenvalue weighted by atomic mass is 79.9. The molecule has 0 saturated heterocycles. The van der Waals surface area contributed by atoms with Gasteiger partial charge in [-0.3, -0.25) is 9.59 Å². The summed E-state index contributed by atoms with van der Waals surface area (Å²) < 4.78 is 0. The third-order valence-electron chi connectivity index (χ3n) is 6.05. The van der Waals surface area contributed by atoms with Crippen molar-refractivity contribution in [2.45, 2.75) is 51.1 Å². The lowest BCUT2D eigenvalue weighted by Gasteiger charge is -2.30. The van der Waals surface area contributed by atoms with Crippen molar-refractivity contribution in [2.24, 2.45) is 5.92 Å². The summed E-state index contributed by atoms with van der Waals surface area (Å²) in [4.78, 5) is 30.8. The van der Waals surface area contributed by atoms with Crippen LogP contribution in [0.5, 0.6) is 0 Å². The highest BCUT2D eigenvalue weighted by Crippen LogP contribution is 2.43. The van der Waals surface area contributed by atoms with Gasteiger partial charge in [0.2, 0.25) is 11.8 Å². The summed E-state index contributed by atoms with van der Waals surface area (Å²) in [5.41, 5.74) is 2.84. The van der Waals surface area contributed by atoms with Gasteiger partial charge >= 0.3 is 0 Å². The van der Waals surface area contributed by atoms with E-state index in [4.69, 9.17) is 0 Å². The number of carbonyl (C=O) groups is 2. The number of unbranched alkanes of at least 4 members (excludes halogenated alkanes) is 1. The summed E-state index contributed by atoms with van der Waals surface area (Å²) in [5, 5.41) is 0.909. The number of para-hydroxylation sites is 2. The van der Waals surface area contributed by atoms with Gasteiger partial charge in [-0.05, 0) is 43.4 Å². The topological polar surface area (TPSA) is 40.6 Å². The second-order valence-corrected chi connectivity index (χ2v) is 8.71. The smallest absolute Gasteiger partial charge is 0.232 e. The van der Waals surface area contributed by atoms with Crippen molar-refractivity contribution in [3.63, 3.8) is 0 Å². The minimum Gasteiger partial charge on any atom is -0.307 e. The molecule has 2 aliphatic rings. The zero-order valence-electron chi connectivity index (χ0n) is 16.6. The van der Waals surface area contributed by atoms with Crippen LogP contribution in [0.15, 0.2) is 54.6 Å². The maximum Gasteiger partial charge on any atom is 0.232 e. The first-order valence-electron chi connectivity index (χ1n) is 10.5. The van der Waals surface area contributed by atoms with Crippen LogP contribution in [0.2, 0.25) is 0 Å². The van der Waals surface area contributed by atoms with E-state index in [0.717, 1.165) is 54.4 Å². The normalized spacial score (nSPS) is 20.9. The number of halogens is 1. The number of rotatable bonds is 6. The maximum atomic E-state index is 13.6. The fourth-order valence-corrected chi connectivity index (χ4v) is 5.07. The van der Waals surface area contributed by atoms with E-state index >= 15 is 0 Å². The van der Waals surface area contributed by atoms with Crippen molar-refractivity contribution >= 4 is 39.1 Å². The molecule has 0 N–H and O–H groups in total. The van der Waals surface area contributed by atoms with Gasteiger partial charge in [-0.25, -0.2) is 0 Å². The summed E-state index contributed by atoms with van der Waals surface area (Å²) in [6, 6.07) is 18.0. The number of fused-ring (bicyclic) bond motifs is 2. The molecule has 2 unspecified atom stereocenters. The molecule has 1 fully saturated rings. The molecule has 0 radical (unpaired) electrons. The van der Waals surface area contributed by atoms with Crippen molar-refractivity contribution in [3.8, 4) is 0 Å². The Bertz CT molecular complexity index is 870. The molecule has 2 aromatic rings. The number of alkyl halides is 1. The predicted molar refractivity (Wildman–Crippen MR) is 120 cm³/mol. The number of amides is 2. The van der Waals surface area contributed by atoms with Crippen molar-refractivity contribution in [1.29, 1.82) is 0 Å². The second-order valence-electron chi connectivity index (χ2n) is 7.91. The van der Waals surface area contributed by atoms with E-state index in [1.54, 1.807) is 0 Å². The predicted octanol–water partition coefficient (Wildman–Crippen LogP) is 5.30. The molecule has 2 amide bonds. The zero-order valence-corrected chi connectivity index (χ0v) is 18.2. The average molecular weight is 455 g/mol. The van der Waals surface area contributed by atoms with Crippen molar-refractivity contribution < 1.29 is 9.59 Å². The standard InChI is InChI=1S/C24H27BrN2O2/c25-16-7-6-15-23(28)27-20-14-8-11-19(20)24(29)26(17-18-9-2-1-3-10-18)21-12-4-5-13-22(21)27/h1-5,9-10,12-13,19-20H,6-8,11,14-17H2. The van der Waals surface area contributed by atoms with Crippen LogP contribution in [0.1, 0.15) is 44.1 Å². The largest absolute Gasteiger partial charge is 0.307 e. The Balaban J connectivity index is 1.73. The molecule has 4 rings (SSSR count). The Labute approximate surface area is 181 Å². The number of anilines is 2. The van der Waals surface area contributed by atoms with Crippen LogP contribution in [0.3, 0.4) is 0 Å². The molecule has 1 heterocycles. The lowest BCUT2D eigenvalue weighted by atomic mass is 10.00. The zero-order chi connectivity index (χ0) is 20.2. The Morgan fingerprint density at radius 2 is 1.69 bits per heavy atom. The van der Waals surface area contributed by atoms with E-state index in [2.05, 4.69) is 28.1 Å². The monoisotopic (exact) mass is 454 g/mol. The molecule has 0 bridgehead atoms. The maximum absolute atomic E-state index is 13.6. The lowest BCUT2D eigenvalue weighted by Crippen LogP contribution is -2.45. The molecular formula is C24H27BrN2O2. The van der Waals surface area contributed by atoms with Gasteiger partial charge in [0.25, 0.3) is 0 Å². The Morgan fingerprint density at radius 3 is 2.45 bits per heavy atom. The van der Waals surface area contributed by atoms with Crippen molar-refractivity contribution in [3.05, 3.63) is 60.2 Å². The highest BCUT2D eigenvalue weighted by molar-refractivity contribution is 9.09. The summed E-state index contributed by atoms with van der Waals surface area (Å²) >= 11 is 3.45. The first-order valence-corrected chi connectivity index (χ1v) is 11.6. The SMILES string of the molecule is O=C1C2CCCC2N(C(=O)CCCCBr)c2ccccc2N1Cc1ccccc1. The molecule has 5 heteroatoms. The van der Waals surface area contributed by atoms with Gasteiger partial charge < -0.3 is 9.80 Å². The van der Waals surface area contributed by atoms with Crippen molar-refractivity contribution in [1.82, 2.24) is 0 Å². The van der Waals surface area contributed by atoms with Crippen LogP contribution in [0.4, 0.5) is 11.4 Å². The number of nitrogens with zero attached hydrogens (tertiary/aromatic N) is 2. The Hall–Kier alpha value is -2.14. The molecule has 0 spiro atoms. The molecule has 1 saturated carbocycles. The minimum atomic E-state index is -0.119. The number of carbonyl (C=O) groups excluding carboxylic acids is 2. The van der Waals surface area contributed by atoms with E-state index in [9.17, 15) is 9.59 Å². The van der Waals surface area contributed by atoms with Gasteiger partial charge in [-0.1, -0.05) is 64.8 Å². The van der Waals surface area contributed by atoms with E-state index in [1.165, 1.54) is 0 Å². The molecule has 29 heavy (non-hydrogen) atoms. The molecule has 0 aromatic heterocycles. The number of hydrogen-bond acceptors (Lipinski definition) is 2. The molecule has 4 nitrogen and oxygen atoms in total. The van der Waals surface area contributed by atoms with Gasteiger partial charge in [0.15, 0.2) is 0 Å². The van der Waals surface area contributed by atoms with Gasteiger partial charge in [0, 0.05) is 17.8 Å². The second kappa shape index (κ2) is 9.12. The van der Waals surface area contributed by atoms with Crippen molar-refractivity contribution in [2.75, 3.05) is 15.1 Å². The number of benzene rings is 2. The van der Waals surface area contributed by atoms with Gasteiger partial charge in [-0.2, -0.15) is 0 Å². The quantitative estimate of drug-likeness (QED) is 0.438. The van der Waals surface area contributed by atoms with Crippen LogP contribution >= 0.6 is 15.9 Å². The summed E-state index contributed by atoms with van der Waals surface area (Å²) in [7, 11) is 0. The third kappa shape index (κ3) is 4.11. The first kappa shape index (κ1) is 20.1. The molecule has 2 aromatic carbocycles. The van der Waals surface area contributed by atoms with Crippen LogP contribution in [0, 0.1) is 5.92 Å². The highest BCUT2D eigenvalue weighted by Gasteiger charge is 2.45. The summed E-state index contributed by atoms with van der Waals surface area (Å²) in [6.45, 7) is 0.533. The van der Waals surface area contributed by atoms with E-state index in [-0.39, 0.29) is 23.8 Å². The average Bonchev–Trinajstić information content (AvgIpc) is 3.19. The Kier molecular flexibility index (Phi) is 6.34. The van der Waals surface area contributed by atoms with E-state index < -0.39 is 0 Å². The van der Waals surface area contributed by atoms with Gasteiger partial charge in [0.1, 0.15) is 0 Å². The fourth-order valence-electron chi connectivity index (χ4n) is 4.67. The molecule has 1 aliphatic carbocycles. The molecule has 2 atom stereocenters. The minimum absolute atomic E-state index is 0.0270. The molecule has 152 valence electrons. The lowest BCUT2D eigenvalue weighted by molar-refractivity contribution is -0.123. The van der Waals surface area contributed by atoms with Crippen LogP contribution in [-0.2, 0) is 16.1 Å². The first-order chi connectivity index (χ1) is 14.2. The summed E-state index contributed by atoms with van der Waals surface area (Å²) in [6.07, 6.45) is 5.11. The van der Waals surface area contributed by atoms with Gasteiger partial charge in [0.05, 0.1) is 23.8 Å². The number of hydrogen-bond donors (Lipinski definition) is 0. The van der Waals surface area contributed by atoms with Crippen LogP contribution < -0.4 is 9.80 Å². The Morgan fingerprint density at radius 1 is 0.966 bits per heavy atom. The summed E-state index contributed by atoms with van der Waals surface area (Å²) in [5.74, 6) is 0.176. The van der Waals surface area contributed by atoms with Gasteiger partial charge in [-0.15, -0.1) is 0 Å². The fraction of sp³-hybridized carbons (Fsp3) is 0.417. The van der Waals surface area contributed by atoms with E-state index in [0.29, 0.717) is 13.0 Å². The molecular weight excluding hydrogens is 428 g/mol. The van der Waals surface area contributed by atoms with Crippen LogP contribution in [-0.4, -0.2) is 23.2 Å². The van der Waals surface area contributed by atoms with E-state index in [1.807, 2.05) is 52.3 Å². The van der Waals surface area contributed by atoms with Crippen LogP contribution in [0.25, 0.3) is 0 Å².